The van der Waals surface area contributed by atoms with E-state index in [9.17, 15) is 4.79 Å². The highest BCUT2D eigenvalue weighted by Gasteiger charge is 2.15. The van der Waals surface area contributed by atoms with Gasteiger partial charge in [0.05, 0.1) is 19.3 Å². The van der Waals surface area contributed by atoms with Crippen molar-refractivity contribution < 1.29 is 9.53 Å². The second-order valence-electron chi connectivity index (χ2n) is 4.99. The van der Waals surface area contributed by atoms with Crippen molar-refractivity contribution in [3.63, 3.8) is 0 Å². The summed E-state index contributed by atoms with van der Waals surface area (Å²) in [6.45, 7) is 2.03. The van der Waals surface area contributed by atoms with Gasteiger partial charge in [-0.05, 0) is 18.6 Å². The van der Waals surface area contributed by atoms with Crippen molar-refractivity contribution in [2.75, 3.05) is 7.11 Å². The molecule has 1 unspecified atom stereocenters. The zero-order chi connectivity index (χ0) is 15.9. The summed E-state index contributed by atoms with van der Waals surface area (Å²) in [7, 11) is 3.47. The molecule has 0 aliphatic rings. The molecule has 1 N–H and O–H groups in total. The fraction of sp³-hybridized carbons (Fsp3) is 0.294. The second-order valence-corrected chi connectivity index (χ2v) is 4.99. The summed E-state index contributed by atoms with van der Waals surface area (Å²) in [6, 6.07) is 7.65. The Morgan fingerprint density at radius 2 is 2.23 bits per heavy atom. The number of amides is 1. The first-order chi connectivity index (χ1) is 10.6. The van der Waals surface area contributed by atoms with Crippen LogP contribution in [0.3, 0.4) is 0 Å². The van der Waals surface area contributed by atoms with Gasteiger partial charge in [-0.15, -0.1) is 0 Å². The average molecular weight is 299 g/mol. The van der Waals surface area contributed by atoms with Gasteiger partial charge in [0.15, 0.2) is 0 Å². The molecule has 0 spiro atoms. The number of hydrogen-bond donors (Lipinski definition) is 1. The molecule has 0 radical (unpaired) electrons. The van der Waals surface area contributed by atoms with Crippen LogP contribution in [0.1, 0.15) is 30.5 Å². The predicted octanol–water partition coefficient (Wildman–Crippen LogP) is 2.71. The fourth-order valence-corrected chi connectivity index (χ4v) is 2.27. The van der Waals surface area contributed by atoms with Crippen LogP contribution in [0.5, 0.6) is 5.75 Å². The molecule has 116 valence electrons. The van der Waals surface area contributed by atoms with E-state index >= 15 is 0 Å². The molecule has 1 heterocycles. The van der Waals surface area contributed by atoms with E-state index in [1.807, 2.05) is 44.4 Å². The lowest BCUT2D eigenvalue weighted by Crippen LogP contribution is -2.26. The fourth-order valence-electron chi connectivity index (χ4n) is 2.27. The second kappa shape index (κ2) is 7.45. The van der Waals surface area contributed by atoms with Gasteiger partial charge in [-0.3, -0.25) is 9.48 Å². The molecule has 1 amide bonds. The van der Waals surface area contributed by atoms with E-state index in [4.69, 9.17) is 4.74 Å². The molecule has 0 fully saturated rings. The SMILES string of the molecule is CCC(NC(=O)C=Cc1cnn(C)c1)c1ccccc1OC. The number of methoxy groups -OCH3 is 1. The van der Waals surface area contributed by atoms with E-state index in [1.165, 1.54) is 6.08 Å². The number of aromatic nitrogens is 2. The van der Waals surface area contributed by atoms with Crippen molar-refractivity contribution in [3.8, 4) is 5.75 Å². The quantitative estimate of drug-likeness (QED) is 0.834. The molecule has 1 aromatic heterocycles. The Bertz CT molecular complexity index is 661. The highest BCUT2D eigenvalue weighted by Crippen LogP contribution is 2.26. The molecule has 5 nitrogen and oxygen atoms in total. The number of nitrogens with zero attached hydrogens (tertiary/aromatic N) is 2. The number of para-hydroxylation sites is 1. The molecule has 0 aliphatic heterocycles. The lowest BCUT2D eigenvalue weighted by Gasteiger charge is -2.19. The summed E-state index contributed by atoms with van der Waals surface area (Å²) in [5.74, 6) is 0.646. The molecule has 0 aliphatic carbocycles. The van der Waals surface area contributed by atoms with Crippen LogP contribution in [-0.2, 0) is 11.8 Å². The first kappa shape index (κ1) is 15.8. The minimum Gasteiger partial charge on any atom is -0.496 e. The molecular weight excluding hydrogens is 278 g/mol. The number of rotatable bonds is 6. The molecular formula is C17H21N3O2. The third kappa shape index (κ3) is 3.97. The molecule has 1 atom stereocenters. The van der Waals surface area contributed by atoms with Gasteiger partial charge in [0.1, 0.15) is 5.75 Å². The number of carbonyl (C=O) groups is 1. The summed E-state index contributed by atoms with van der Waals surface area (Å²) < 4.78 is 7.06. The van der Waals surface area contributed by atoms with Crippen LogP contribution in [0, 0.1) is 0 Å². The molecule has 0 bridgehead atoms. The van der Waals surface area contributed by atoms with Gasteiger partial charge in [-0.2, -0.15) is 5.10 Å². The first-order valence-corrected chi connectivity index (χ1v) is 7.24. The van der Waals surface area contributed by atoms with Gasteiger partial charge < -0.3 is 10.1 Å². The van der Waals surface area contributed by atoms with E-state index in [0.29, 0.717) is 0 Å². The molecule has 2 aromatic rings. The average Bonchev–Trinajstić information content (AvgIpc) is 2.96. The third-order valence-corrected chi connectivity index (χ3v) is 3.39. The zero-order valence-electron chi connectivity index (χ0n) is 13.1. The molecule has 0 saturated carbocycles. The number of ether oxygens (including phenoxy) is 1. The monoisotopic (exact) mass is 299 g/mol. The Kier molecular flexibility index (Phi) is 5.36. The number of hydrogen-bond acceptors (Lipinski definition) is 3. The Labute approximate surface area is 130 Å². The largest absolute Gasteiger partial charge is 0.496 e. The maximum atomic E-state index is 12.1. The third-order valence-electron chi connectivity index (χ3n) is 3.39. The van der Waals surface area contributed by atoms with E-state index in [2.05, 4.69) is 10.4 Å². The summed E-state index contributed by atoms with van der Waals surface area (Å²) >= 11 is 0. The van der Waals surface area contributed by atoms with E-state index in [1.54, 1.807) is 24.1 Å². The Morgan fingerprint density at radius 3 is 2.86 bits per heavy atom. The standard InChI is InChI=1S/C17H21N3O2/c1-4-15(14-7-5-6-8-16(14)22-3)19-17(21)10-9-13-11-18-20(2)12-13/h5-12,15H,4H2,1-3H3,(H,19,21). The normalized spacial score (nSPS) is 12.3. The van der Waals surface area contributed by atoms with Crippen LogP contribution in [0.15, 0.2) is 42.7 Å². The number of carbonyl (C=O) groups excluding carboxylic acids is 1. The maximum absolute atomic E-state index is 12.1. The van der Waals surface area contributed by atoms with E-state index in [0.717, 1.165) is 23.3 Å². The van der Waals surface area contributed by atoms with Gasteiger partial charge in [0, 0.05) is 30.4 Å². The van der Waals surface area contributed by atoms with E-state index < -0.39 is 0 Å². The van der Waals surface area contributed by atoms with Crippen LogP contribution in [0.2, 0.25) is 0 Å². The number of benzene rings is 1. The Hall–Kier alpha value is -2.56. The van der Waals surface area contributed by atoms with Crippen molar-refractivity contribution in [2.45, 2.75) is 19.4 Å². The first-order valence-electron chi connectivity index (χ1n) is 7.24. The molecule has 5 heteroatoms. The van der Waals surface area contributed by atoms with Gasteiger partial charge in [0.2, 0.25) is 5.91 Å². The Morgan fingerprint density at radius 1 is 1.45 bits per heavy atom. The minimum atomic E-state index is -0.137. The summed E-state index contributed by atoms with van der Waals surface area (Å²) in [6.07, 6.45) is 7.61. The highest BCUT2D eigenvalue weighted by molar-refractivity contribution is 5.91. The molecule has 1 aromatic carbocycles. The summed E-state index contributed by atoms with van der Waals surface area (Å²) in [5.41, 5.74) is 1.87. The smallest absolute Gasteiger partial charge is 0.244 e. The van der Waals surface area contributed by atoms with Gasteiger partial charge in [0.25, 0.3) is 0 Å². The van der Waals surface area contributed by atoms with E-state index in [-0.39, 0.29) is 11.9 Å². The maximum Gasteiger partial charge on any atom is 0.244 e. The van der Waals surface area contributed by atoms with Gasteiger partial charge >= 0.3 is 0 Å². The molecule has 22 heavy (non-hydrogen) atoms. The molecule has 0 saturated heterocycles. The number of aryl methyl sites for hydroxylation is 1. The molecule has 2 rings (SSSR count). The lowest BCUT2D eigenvalue weighted by atomic mass is 10.0. The minimum absolute atomic E-state index is 0.0813. The van der Waals surface area contributed by atoms with Crippen LogP contribution < -0.4 is 10.1 Å². The van der Waals surface area contributed by atoms with Crippen LogP contribution in [-0.4, -0.2) is 22.8 Å². The van der Waals surface area contributed by atoms with Crippen molar-refractivity contribution in [1.82, 2.24) is 15.1 Å². The zero-order valence-corrected chi connectivity index (χ0v) is 13.1. The van der Waals surface area contributed by atoms with Crippen molar-refractivity contribution in [1.29, 1.82) is 0 Å². The van der Waals surface area contributed by atoms with Crippen LogP contribution in [0.4, 0.5) is 0 Å². The lowest BCUT2D eigenvalue weighted by molar-refractivity contribution is -0.117. The van der Waals surface area contributed by atoms with Gasteiger partial charge in [-0.25, -0.2) is 0 Å². The Balaban J connectivity index is 2.06. The van der Waals surface area contributed by atoms with Gasteiger partial charge in [-0.1, -0.05) is 25.1 Å². The predicted molar refractivity (Wildman–Crippen MR) is 86.4 cm³/mol. The highest BCUT2D eigenvalue weighted by atomic mass is 16.5. The summed E-state index contributed by atoms with van der Waals surface area (Å²) in [5, 5.41) is 7.06. The van der Waals surface area contributed by atoms with Crippen LogP contribution >= 0.6 is 0 Å². The van der Waals surface area contributed by atoms with Crippen molar-refractivity contribution in [2.24, 2.45) is 7.05 Å². The van der Waals surface area contributed by atoms with Crippen molar-refractivity contribution in [3.05, 3.63) is 53.9 Å². The number of nitrogens with one attached hydrogen (secondary N) is 1. The van der Waals surface area contributed by atoms with Crippen molar-refractivity contribution >= 4 is 12.0 Å². The summed E-state index contributed by atoms with van der Waals surface area (Å²) in [4.78, 5) is 12.1. The van der Waals surface area contributed by atoms with Crippen LogP contribution in [0.25, 0.3) is 6.08 Å². The topological polar surface area (TPSA) is 56.2 Å².